The highest BCUT2D eigenvalue weighted by molar-refractivity contribution is 5.95. The van der Waals surface area contributed by atoms with Crippen LogP contribution in [0.3, 0.4) is 0 Å². The van der Waals surface area contributed by atoms with Gasteiger partial charge in [0.25, 0.3) is 11.8 Å². The largest absolute Gasteiger partial charge is 0.493 e. The predicted molar refractivity (Wildman–Crippen MR) is 124 cm³/mol. The zero-order chi connectivity index (χ0) is 21.9. The average Bonchev–Trinajstić information content (AvgIpc) is 3.54. The first kappa shape index (κ1) is 23.2. The fourth-order valence-corrected chi connectivity index (χ4v) is 3.80. The van der Waals surface area contributed by atoms with Crippen molar-refractivity contribution in [1.82, 2.24) is 16.0 Å². The maximum atomic E-state index is 13.1. The van der Waals surface area contributed by atoms with Gasteiger partial charge < -0.3 is 30.2 Å². The van der Waals surface area contributed by atoms with Crippen LogP contribution in [0, 0.1) is 5.92 Å². The molecule has 3 aliphatic heterocycles. The van der Waals surface area contributed by atoms with Crippen molar-refractivity contribution >= 4 is 24.2 Å². The second-order valence-electron chi connectivity index (χ2n) is 8.55. The van der Waals surface area contributed by atoms with Crippen molar-refractivity contribution in [3.05, 3.63) is 53.6 Å². The van der Waals surface area contributed by atoms with E-state index in [0.717, 1.165) is 11.3 Å². The van der Waals surface area contributed by atoms with Gasteiger partial charge >= 0.3 is 0 Å². The van der Waals surface area contributed by atoms with Gasteiger partial charge in [-0.25, -0.2) is 0 Å². The predicted octanol–water partition coefficient (Wildman–Crippen LogP) is 2.05. The van der Waals surface area contributed by atoms with Gasteiger partial charge in [-0.1, -0.05) is 12.1 Å². The number of halogens is 1. The zero-order valence-electron chi connectivity index (χ0n) is 18.2. The fraction of sp³-hybridized carbons (Fsp3) is 0.417. The van der Waals surface area contributed by atoms with E-state index >= 15 is 0 Å². The Hall–Kier alpha value is -2.97. The molecule has 0 spiro atoms. The Kier molecular flexibility index (Phi) is 7.25. The molecule has 1 aliphatic carbocycles. The second kappa shape index (κ2) is 10.3. The van der Waals surface area contributed by atoms with Crippen LogP contribution in [0.25, 0.3) is 0 Å². The van der Waals surface area contributed by atoms with Crippen molar-refractivity contribution < 1.29 is 23.8 Å². The molecule has 0 aromatic heterocycles. The summed E-state index contributed by atoms with van der Waals surface area (Å²) in [6, 6.07) is 12.5. The number of nitrogens with one attached hydrogen (secondary N) is 3. The number of carbonyl (C=O) groups excluding carboxylic acids is 2. The van der Waals surface area contributed by atoms with Crippen molar-refractivity contribution in [2.45, 2.75) is 31.5 Å². The smallest absolute Gasteiger partial charge is 0.258 e. The Labute approximate surface area is 198 Å². The quantitative estimate of drug-likeness (QED) is 0.631. The molecule has 9 heteroatoms. The average molecular weight is 474 g/mol. The summed E-state index contributed by atoms with van der Waals surface area (Å²) in [5.41, 5.74) is 1.38. The summed E-state index contributed by atoms with van der Waals surface area (Å²) in [4.78, 5) is 25.3. The van der Waals surface area contributed by atoms with Crippen molar-refractivity contribution in [3.63, 3.8) is 0 Å². The molecule has 8 nitrogen and oxygen atoms in total. The van der Waals surface area contributed by atoms with Gasteiger partial charge in [-0.2, -0.15) is 0 Å². The van der Waals surface area contributed by atoms with Crippen LogP contribution in [0.15, 0.2) is 42.5 Å². The molecule has 0 unspecified atom stereocenters. The molecular formula is C24H28ClN3O5. The molecule has 2 aromatic rings. The lowest BCUT2D eigenvalue weighted by molar-refractivity contribution is -0.123. The lowest BCUT2D eigenvalue weighted by Crippen LogP contribution is -2.45. The molecule has 2 fully saturated rings. The van der Waals surface area contributed by atoms with E-state index in [1.54, 1.807) is 18.2 Å². The molecule has 4 aliphatic rings. The lowest BCUT2D eigenvalue weighted by atomic mass is 10.1. The van der Waals surface area contributed by atoms with Crippen molar-refractivity contribution in [1.29, 1.82) is 0 Å². The van der Waals surface area contributed by atoms with E-state index < -0.39 is 0 Å². The Morgan fingerprint density at radius 2 is 1.82 bits per heavy atom. The molecule has 4 bridgehead atoms. The molecule has 176 valence electrons. The maximum absolute atomic E-state index is 13.1. The number of benzene rings is 2. The van der Waals surface area contributed by atoms with Crippen LogP contribution in [0.5, 0.6) is 17.2 Å². The van der Waals surface area contributed by atoms with Crippen LogP contribution >= 0.6 is 12.4 Å². The minimum absolute atomic E-state index is 0. The van der Waals surface area contributed by atoms with Gasteiger partial charge in [-0.05, 0) is 48.6 Å². The van der Waals surface area contributed by atoms with E-state index in [1.165, 1.54) is 12.8 Å². The van der Waals surface area contributed by atoms with E-state index in [-0.39, 0.29) is 43.0 Å². The van der Waals surface area contributed by atoms with Gasteiger partial charge in [-0.3, -0.25) is 9.59 Å². The SMILES string of the molecule is Cl.O=C1COc2cc(OCC3CC3)cc(c2)C(=O)N[C@H]2CNC[C@@H]2Oc2ccc(cc2)CN1. The molecule has 2 atom stereocenters. The summed E-state index contributed by atoms with van der Waals surface area (Å²) < 4.78 is 17.7. The number of fused-ring (bicyclic) bond motifs is 7. The van der Waals surface area contributed by atoms with E-state index in [9.17, 15) is 9.59 Å². The zero-order valence-corrected chi connectivity index (χ0v) is 19.0. The molecular weight excluding hydrogens is 446 g/mol. The van der Waals surface area contributed by atoms with Gasteiger partial charge in [0.2, 0.25) is 0 Å². The highest BCUT2D eigenvalue weighted by atomic mass is 35.5. The summed E-state index contributed by atoms with van der Waals surface area (Å²) in [5.74, 6) is 1.80. The fourth-order valence-electron chi connectivity index (χ4n) is 3.80. The van der Waals surface area contributed by atoms with Crippen molar-refractivity contribution in [2.75, 3.05) is 26.3 Å². The summed E-state index contributed by atoms with van der Waals surface area (Å²) >= 11 is 0. The molecule has 0 radical (unpaired) electrons. The molecule has 2 aromatic carbocycles. The van der Waals surface area contributed by atoms with Crippen LogP contribution in [0.4, 0.5) is 0 Å². The first-order chi connectivity index (χ1) is 15.6. The number of amides is 2. The van der Waals surface area contributed by atoms with E-state index in [4.69, 9.17) is 14.2 Å². The molecule has 1 saturated heterocycles. The van der Waals surface area contributed by atoms with Crippen LogP contribution in [0.1, 0.15) is 28.8 Å². The minimum Gasteiger partial charge on any atom is -0.493 e. The Bertz CT molecular complexity index is 996. The van der Waals surface area contributed by atoms with Crippen LogP contribution in [-0.4, -0.2) is 50.3 Å². The number of carbonyl (C=O) groups is 2. The van der Waals surface area contributed by atoms with Crippen molar-refractivity contribution in [2.24, 2.45) is 5.92 Å². The van der Waals surface area contributed by atoms with E-state index in [0.29, 0.717) is 49.2 Å². The molecule has 1 saturated carbocycles. The maximum Gasteiger partial charge on any atom is 0.258 e. The number of hydrogen-bond acceptors (Lipinski definition) is 6. The Morgan fingerprint density at radius 3 is 2.61 bits per heavy atom. The highest BCUT2D eigenvalue weighted by Crippen LogP contribution is 2.31. The minimum atomic E-state index is -0.245. The second-order valence-corrected chi connectivity index (χ2v) is 8.55. The third-order valence-corrected chi connectivity index (χ3v) is 5.87. The van der Waals surface area contributed by atoms with Crippen LogP contribution < -0.4 is 30.2 Å². The topological polar surface area (TPSA) is 97.9 Å². The summed E-state index contributed by atoms with van der Waals surface area (Å²) in [6.45, 7) is 2.12. The van der Waals surface area contributed by atoms with Gasteiger partial charge in [0.05, 0.1) is 12.6 Å². The van der Waals surface area contributed by atoms with Gasteiger partial charge in [0, 0.05) is 31.3 Å². The molecule has 3 N–H and O–H groups in total. The highest BCUT2D eigenvalue weighted by Gasteiger charge is 2.31. The third kappa shape index (κ3) is 6.09. The normalized spacial score (nSPS) is 22.5. The summed E-state index contributed by atoms with van der Waals surface area (Å²) in [6.07, 6.45) is 2.15. The molecule has 3 heterocycles. The standard InChI is InChI=1S/C24H27N3O5.ClH/c28-23-14-31-20-8-17(7-19(9-20)30-13-16-1-2-16)24(29)27-21-11-25-12-22(21)32-18-5-3-15(4-6-18)10-26-23;/h3-9,16,21-22,25H,1-2,10-14H2,(H,26,28)(H,27,29);1H/t21-,22-;/m0./s1. The molecule has 6 rings (SSSR count). The Morgan fingerprint density at radius 1 is 1.00 bits per heavy atom. The van der Waals surface area contributed by atoms with E-state index in [2.05, 4.69) is 16.0 Å². The van der Waals surface area contributed by atoms with Crippen LogP contribution in [0.2, 0.25) is 0 Å². The summed E-state index contributed by atoms with van der Waals surface area (Å²) in [5, 5.41) is 9.20. The number of ether oxygens (including phenoxy) is 3. The first-order valence-corrected chi connectivity index (χ1v) is 11.1. The monoisotopic (exact) mass is 473 g/mol. The van der Waals surface area contributed by atoms with Crippen LogP contribution in [-0.2, 0) is 11.3 Å². The van der Waals surface area contributed by atoms with Gasteiger partial charge in [0.1, 0.15) is 23.4 Å². The lowest BCUT2D eigenvalue weighted by Gasteiger charge is -2.22. The third-order valence-electron chi connectivity index (χ3n) is 5.87. The van der Waals surface area contributed by atoms with E-state index in [1.807, 2.05) is 24.3 Å². The number of hydrogen-bond donors (Lipinski definition) is 3. The Balaban J connectivity index is 0.00000259. The molecule has 2 amide bonds. The summed E-state index contributed by atoms with van der Waals surface area (Å²) in [7, 11) is 0. The van der Waals surface area contributed by atoms with Gasteiger partial charge in [0.15, 0.2) is 6.61 Å². The van der Waals surface area contributed by atoms with Crippen molar-refractivity contribution in [3.8, 4) is 17.2 Å². The first-order valence-electron chi connectivity index (χ1n) is 11.1. The molecule has 33 heavy (non-hydrogen) atoms. The van der Waals surface area contributed by atoms with Gasteiger partial charge in [-0.15, -0.1) is 12.4 Å². The number of rotatable bonds is 3.